The number of carboxylic acids is 1. The number of hydrogen-bond donors (Lipinski definition) is 3. The standard InChI is InChI=1S/C11H19N3O4S/c1-6-7(2)19-4-3-14(6)11(18)13-8(10(16)17)5-9(12)15/h6-8H,3-5H2,1-2H3,(H2,12,15)(H,13,18)(H,16,17). The van der Waals surface area contributed by atoms with Crippen molar-refractivity contribution in [1.82, 2.24) is 10.2 Å². The number of rotatable bonds is 4. The second kappa shape index (κ2) is 6.65. The molecule has 3 unspecified atom stereocenters. The fraction of sp³-hybridized carbons (Fsp3) is 0.727. The number of nitrogens with two attached hydrogens (primary N) is 1. The molecule has 4 N–H and O–H groups in total. The van der Waals surface area contributed by atoms with Gasteiger partial charge in [0.25, 0.3) is 0 Å². The minimum Gasteiger partial charge on any atom is -0.480 e. The predicted molar refractivity (Wildman–Crippen MR) is 71.9 cm³/mol. The van der Waals surface area contributed by atoms with Gasteiger partial charge in [0.15, 0.2) is 0 Å². The molecule has 0 radical (unpaired) electrons. The summed E-state index contributed by atoms with van der Waals surface area (Å²) in [5, 5.41) is 11.6. The van der Waals surface area contributed by atoms with Gasteiger partial charge >= 0.3 is 12.0 Å². The van der Waals surface area contributed by atoms with Crippen molar-refractivity contribution >= 4 is 29.7 Å². The Labute approximate surface area is 115 Å². The Morgan fingerprint density at radius 3 is 2.63 bits per heavy atom. The number of nitrogens with zero attached hydrogens (tertiary/aromatic N) is 1. The predicted octanol–water partition coefficient (Wildman–Crippen LogP) is -0.150. The van der Waals surface area contributed by atoms with Crippen LogP contribution in [0.4, 0.5) is 4.79 Å². The maximum absolute atomic E-state index is 12.0. The maximum Gasteiger partial charge on any atom is 0.326 e. The van der Waals surface area contributed by atoms with E-state index in [0.29, 0.717) is 11.8 Å². The fourth-order valence-corrected chi connectivity index (χ4v) is 2.95. The fourth-order valence-electron chi connectivity index (χ4n) is 1.85. The largest absolute Gasteiger partial charge is 0.480 e. The summed E-state index contributed by atoms with van der Waals surface area (Å²) in [5.74, 6) is -1.21. The molecule has 0 aromatic carbocycles. The van der Waals surface area contributed by atoms with Crippen LogP contribution >= 0.6 is 11.8 Å². The van der Waals surface area contributed by atoms with Crippen molar-refractivity contribution in [1.29, 1.82) is 0 Å². The molecule has 0 aromatic rings. The molecule has 0 aliphatic carbocycles. The Morgan fingerprint density at radius 1 is 1.47 bits per heavy atom. The van der Waals surface area contributed by atoms with E-state index in [4.69, 9.17) is 10.8 Å². The Morgan fingerprint density at radius 2 is 2.11 bits per heavy atom. The number of hydrogen-bond acceptors (Lipinski definition) is 4. The van der Waals surface area contributed by atoms with E-state index in [9.17, 15) is 14.4 Å². The number of aliphatic carboxylic acids is 1. The third-order valence-electron chi connectivity index (χ3n) is 3.15. The summed E-state index contributed by atoms with van der Waals surface area (Å²) >= 11 is 1.77. The summed E-state index contributed by atoms with van der Waals surface area (Å²) in [7, 11) is 0. The zero-order valence-electron chi connectivity index (χ0n) is 11.0. The lowest BCUT2D eigenvalue weighted by Crippen LogP contribution is -2.55. The quantitative estimate of drug-likeness (QED) is 0.666. The molecule has 0 aromatic heterocycles. The molecule has 1 heterocycles. The number of primary amides is 1. The minimum absolute atomic E-state index is 0.0155. The molecular formula is C11H19N3O4S. The Balaban J connectivity index is 2.65. The first kappa shape index (κ1) is 15.6. The van der Waals surface area contributed by atoms with Gasteiger partial charge < -0.3 is 21.1 Å². The summed E-state index contributed by atoms with van der Waals surface area (Å²) in [5.41, 5.74) is 4.96. The average molecular weight is 289 g/mol. The molecule has 0 bridgehead atoms. The zero-order chi connectivity index (χ0) is 14.6. The summed E-state index contributed by atoms with van der Waals surface area (Å²) in [6.45, 7) is 4.50. The maximum atomic E-state index is 12.0. The van der Waals surface area contributed by atoms with Gasteiger partial charge in [0, 0.05) is 23.6 Å². The molecule has 3 amide bonds. The minimum atomic E-state index is -1.28. The van der Waals surface area contributed by atoms with Gasteiger partial charge in [-0.1, -0.05) is 6.92 Å². The van der Waals surface area contributed by atoms with E-state index < -0.39 is 30.4 Å². The van der Waals surface area contributed by atoms with Crippen molar-refractivity contribution in [3.05, 3.63) is 0 Å². The van der Waals surface area contributed by atoms with Crippen molar-refractivity contribution in [3.63, 3.8) is 0 Å². The van der Waals surface area contributed by atoms with Crippen LogP contribution in [-0.4, -0.2) is 57.5 Å². The van der Waals surface area contributed by atoms with Crippen molar-refractivity contribution < 1.29 is 19.5 Å². The highest BCUT2D eigenvalue weighted by Crippen LogP contribution is 2.24. The number of carbonyl (C=O) groups excluding carboxylic acids is 2. The third kappa shape index (κ3) is 4.30. The Bertz CT molecular complexity index is 377. The molecule has 19 heavy (non-hydrogen) atoms. The van der Waals surface area contributed by atoms with Gasteiger partial charge in [0.2, 0.25) is 5.91 Å². The van der Waals surface area contributed by atoms with Crippen molar-refractivity contribution in [3.8, 4) is 0 Å². The van der Waals surface area contributed by atoms with Crippen molar-refractivity contribution in [2.45, 2.75) is 37.6 Å². The smallest absolute Gasteiger partial charge is 0.326 e. The van der Waals surface area contributed by atoms with Gasteiger partial charge in [-0.25, -0.2) is 9.59 Å². The Hall–Kier alpha value is -1.44. The van der Waals surface area contributed by atoms with Gasteiger partial charge in [-0.05, 0) is 6.92 Å². The summed E-state index contributed by atoms with van der Waals surface area (Å²) < 4.78 is 0. The average Bonchev–Trinajstić information content (AvgIpc) is 2.31. The van der Waals surface area contributed by atoms with Crippen LogP contribution in [-0.2, 0) is 9.59 Å². The molecular weight excluding hydrogens is 270 g/mol. The molecule has 1 fully saturated rings. The second-order valence-electron chi connectivity index (χ2n) is 4.52. The van der Waals surface area contributed by atoms with Crippen molar-refractivity contribution in [2.75, 3.05) is 12.3 Å². The monoisotopic (exact) mass is 289 g/mol. The number of urea groups is 1. The number of nitrogens with one attached hydrogen (secondary N) is 1. The van der Waals surface area contributed by atoms with Crippen LogP contribution in [0.2, 0.25) is 0 Å². The van der Waals surface area contributed by atoms with E-state index in [-0.39, 0.29) is 6.04 Å². The zero-order valence-corrected chi connectivity index (χ0v) is 11.8. The van der Waals surface area contributed by atoms with E-state index in [0.717, 1.165) is 5.75 Å². The van der Waals surface area contributed by atoms with E-state index in [1.165, 1.54) is 0 Å². The van der Waals surface area contributed by atoms with Gasteiger partial charge in [-0.2, -0.15) is 11.8 Å². The third-order valence-corrected chi connectivity index (χ3v) is 4.48. The van der Waals surface area contributed by atoms with Gasteiger partial charge in [-0.15, -0.1) is 0 Å². The molecule has 1 aliphatic rings. The molecule has 1 rings (SSSR count). The van der Waals surface area contributed by atoms with Gasteiger partial charge in [0.1, 0.15) is 6.04 Å². The molecule has 8 heteroatoms. The molecule has 1 saturated heterocycles. The van der Waals surface area contributed by atoms with Crippen LogP contribution in [0.3, 0.4) is 0 Å². The van der Waals surface area contributed by atoms with Gasteiger partial charge in [-0.3, -0.25) is 4.79 Å². The lowest BCUT2D eigenvalue weighted by atomic mass is 10.2. The first-order valence-electron chi connectivity index (χ1n) is 6.02. The van der Waals surface area contributed by atoms with Crippen LogP contribution in [0.25, 0.3) is 0 Å². The number of carboxylic acid groups (broad SMARTS) is 1. The molecule has 108 valence electrons. The number of thioether (sulfide) groups is 1. The van der Waals surface area contributed by atoms with Crippen LogP contribution in [0.1, 0.15) is 20.3 Å². The SMILES string of the molecule is CC1SCCN(C(=O)NC(CC(N)=O)C(=O)O)C1C. The first-order valence-corrected chi connectivity index (χ1v) is 7.07. The summed E-state index contributed by atoms with van der Waals surface area (Å²) in [6.07, 6.45) is -0.409. The normalized spacial score (nSPS) is 24.6. The van der Waals surface area contributed by atoms with E-state index in [1.807, 2.05) is 13.8 Å². The summed E-state index contributed by atoms with van der Waals surface area (Å²) in [6, 6.07) is -1.72. The van der Waals surface area contributed by atoms with Crippen LogP contribution in [0, 0.1) is 0 Å². The van der Waals surface area contributed by atoms with Crippen LogP contribution < -0.4 is 11.1 Å². The molecule has 7 nitrogen and oxygen atoms in total. The molecule has 0 saturated carbocycles. The summed E-state index contributed by atoms with van der Waals surface area (Å²) in [4.78, 5) is 35.4. The number of carbonyl (C=O) groups is 3. The highest BCUT2D eigenvalue weighted by molar-refractivity contribution is 8.00. The van der Waals surface area contributed by atoms with Gasteiger partial charge in [0.05, 0.1) is 6.42 Å². The Kier molecular flexibility index (Phi) is 5.46. The molecule has 1 aliphatic heterocycles. The van der Waals surface area contributed by atoms with E-state index in [2.05, 4.69) is 5.32 Å². The lowest BCUT2D eigenvalue weighted by Gasteiger charge is -2.37. The molecule has 0 spiro atoms. The van der Waals surface area contributed by atoms with Crippen LogP contribution in [0.15, 0.2) is 0 Å². The topological polar surface area (TPSA) is 113 Å². The number of amides is 3. The van der Waals surface area contributed by atoms with Crippen LogP contribution in [0.5, 0.6) is 0 Å². The second-order valence-corrected chi connectivity index (χ2v) is 6.01. The van der Waals surface area contributed by atoms with Crippen molar-refractivity contribution in [2.24, 2.45) is 5.73 Å². The van der Waals surface area contributed by atoms with E-state index >= 15 is 0 Å². The highest BCUT2D eigenvalue weighted by Gasteiger charge is 2.31. The lowest BCUT2D eigenvalue weighted by molar-refractivity contribution is -0.141. The molecule has 3 atom stereocenters. The highest BCUT2D eigenvalue weighted by atomic mass is 32.2. The first-order chi connectivity index (χ1) is 8.82. The van der Waals surface area contributed by atoms with E-state index in [1.54, 1.807) is 16.7 Å².